The maximum atomic E-state index is 12.2. The fourth-order valence-electron chi connectivity index (χ4n) is 2.23. The predicted octanol–water partition coefficient (Wildman–Crippen LogP) is 1.92. The molecule has 100 valence electrons. The van der Waals surface area contributed by atoms with E-state index in [0.717, 1.165) is 25.8 Å². The summed E-state index contributed by atoms with van der Waals surface area (Å²) in [6.45, 7) is 0.794. The minimum Gasteiger partial charge on any atom is -0.345 e. The Balaban J connectivity index is 1.87. The van der Waals surface area contributed by atoms with Gasteiger partial charge in [0.25, 0.3) is 0 Å². The van der Waals surface area contributed by atoms with Gasteiger partial charge >= 0.3 is 0 Å². The standard InChI is InChI=1S/C12H14N4O2S/c1-16-6-3-2-4-8(12(16)17)11-13-10(14-18-11)9-5-7-19-15-9/h5,7-8H,2-4,6H2,1H3. The fraction of sp³-hybridized carbons (Fsp3) is 0.500. The van der Waals surface area contributed by atoms with Gasteiger partial charge in [-0.1, -0.05) is 11.6 Å². The number of hydrogen-bond acceptors (Lipinski definition) is 6. The Hall–Kier alpha value is -1.76. The lowest BCUT2D eigenvalue weighted by molar-refractivity contribution is -0.131. The Labute approximate surface area is 114 Å². The molecule has 0 saturated carbocycles. The number of likely N-dealkylation sites (tertiary alicyclic amines) is 1. The maximum absolute atomic E-state index is 12.2. The molecule has 1 fully saturated rings. The van der Waals surface area contributed by atoms with Crippen LogP contribution in [0, 0.1) is 0 Å². The quantitative estimate of drug-likeness (QED) is 0.839. The number of rotatable bonds is 2. The molecule has 1 unspecified atom stereocenters. The van der Waals surface area contributed by atoms with Crippen LogP contribution in [0.3, 0.4) is 0 Å². The number of amides is 1. The van der Waals surface area contributed by atoms with E-state index in [0.29, 0.717) is 17.4 Å². The third kappa shape index (κ3) is 2.37. The molecule has 2 aromatic heterocycles. The lowest BCUT2D eigenvalue weighted by atomic mass is 10.0. The number of carbonyl (C=O) groups excluding carboxylic acids is 1. The minimum absolute atomic E-state index is 0.0611. The number of nitrogens with zero attached hydrogens (tertiary/aromatic N) is 4. The molecule has 1 aliphatic rings. The summed E-state index contributed by atoms with van der Waals surface area (Å²) in [5, 5.41) is 5.77. The second kappa shape index (κ2) is 5.08. The third-order valence-electron chi connectivity index (χ3n) is 3.32. The number of likely N-dealkylation sites (N-methyl/N-ethyl adjacent to an activating group) is 1. The first-order chi connectivity index (χ1) is 9.25. The highest BCUT2D eigenvalue weighted by molar-refractivity contribution is 7.03. The average Bonchev–Trinajstić information content (AvgIpc) is 3.05. The van der Waals surface area contributed by atoms with Crippen molar-refractivity contribution in [3.63, 3.8) is 0 Å². The first kappa shape index (κ1) is 12.3. The fourth-order valence-corrected chi connectivity index (χ4v) is 2.74. The molecule has 0 spiro atoms. The summed E-state index contributed by atoms with van der Waals surface area (Å²) >= 11 is 1.34. The molecule has 1 saturated heterocycles. The lowest BCUT2D eigenvalue weighted by Gasteiger charge is -2.16. The molecule has 6 nitrogen and oxygen atoms in total. The molecule has 3 heterocycles. The van der Waals surface area contributed by atoms with Crippen molar-refractivity contribution in [1.29, 1.82) is 0 Å². The van der Waals surface area contributed by atoms with Crippen molar-refractivity contribution in [2.24, 2.45) is 0 Å². The summed E-state index contributed by atoms with van der Waals surface area (Å²) < 4.78 is 9.42. The molecule has 0 N–H and O–H groups in total. The molecule has 0 aliphatic carbocycles. The zero-order valence-corrected chi connectivity index (χ0v) is 11.4. The van der Waals surface area contributed by atoms with Gasteiger partial charge in [-0.25, -0.2) is 0 Å². The van der Waals surface area contributed by atoms with E-state index in [1.807, 2.05) is 18.5 Å². The van der Waals surface area contributed by atoms with Gasteiger partial charge < -0.3 is 9.42 Å². The third-order valence-corrected chi connectivity index (χ3v) is 3.88. The molecular weight excluding hydrogens is 264 g/mol. The molecule has 0 radical (unpaired) electrons. The van der Waals surface area contributed by atoms with Gasteiger partial charge in [-0.3, -0.25) is 4.79 Å². The Morgan fingerprint density at radius 1 is 1.47 bits per heavy atom. The van der Waals surface area contributed by atoms with Crippen LogP contribution in [0.5, 0.6) is 0 Å². The predicted molar refractivity (Wildman–Crippen MR) is 69.6 cm³/mol. The topological polar surface area (TPSA) is 72.1 Å². The SMILES string of the molecule is CN1CCCCC(c2nc(-c3ccsn3)no2)C1=O. The largest absolute Gasteiger partial charge is 0.345 e. The van der Waals surface area contributed by atoms with E-state index in [-0.39, 0.29) is 11.8 Å². The van der Waals surface area contributed by atoms with Crippen LogP contribution in [0.25, 0.3) is 11.5 Å². The second-order valence-corrected chi connectivity index (χ2v) is 5.31. The zero-order chi connectivity index (χ0) is 13.2. The van der Waals surface area contributed by atoms with Gasteiger partial charge in [-0.15, -0.1) is 0 Å². The van der Waals surface area contributed by atoms with Gasteiger partial charge in [0.05, 0.1) is 0 Å². The van der Waals surface area contributed by atoms with Crippen molar-refractivity contribution in [3.8, 4) is 11.5 Å². The van der Waals surface area contributed by atoms with E-state index < -0.39 is 0 Å². The van der Waals surface area contributed by atoms with Gasteiger partial charge in [0.2, 0.25) is 17.6 Å². The monoisotopic (exact) mass is 278 g/mol. The van der Waals surface area contributed by atoms with Gasteiger partial charge in [-0.2, -0.15) is 9.36 Å². The molecule has 3 rings (SSSR count). The Morgan fingerprint density at radius 3 is 3.16 bits per heavy atom. The normalized spacial score (nSPS) is 20.6. The van der Waals surface area contributed by atoms with Crippen molar-refractivity contribution in [3.05, 3.63) is 17.3 Å². The van der Waals surface area contributed by atoms with Crippen LogP contribution in [-0.2, 0) is 4.79 Å². The first-order valence-corrected chi connectivity index (χ1v) is 7.08. The van der Waals surface area contributed by atoms with Gasteiger partial charge in [0.15, 0.2) is 0 Å². The zero-order valence-electron chi connectivity index (χ0n) is 10.6. The molecule has 1 amide bonds. The van der Waals surface area contributed by atoms with Gasteiger partial charge in [0, 0.05) is 19.0 Å². The molecule has 0 bridgehead atoms. The molecule has 1 aliphatic heterocycles. The maximum Gasteiger partial charge on any atom is 0.239 e. The van der Waals surface area contributed by atoms with Crippen molar-refractivity contribution < 1.29 is 9.32 Å². The summed E-state index contributed by atoms with van der Waals surface area (Å²) in [5.74, 6) is 0.607. The van der Waals surface area contributed by atoms with Crippen LogP contribution in [0.4, 0.5) is 0 Å². The van der Waals surface area contributed by atoms with Crippen LogP contribution in [-0.4, -0.2) is 38.9 Å². The molecular formula is C12H14N4O2S. The smallest absolute Gasteiger partial charge is 0.239 e. The van der Waals surface area contributed by atoms with Crippen molar-refractivity contribution in [1.82, 2.24) is 19.4 Å². The van der Waals surface area contributed by atoms with Crippen LogP contribution in [0.15, 0.2) is 16.0 Å². The molecule has 0 aromatic carbocycles. The molecule has 19 heavy (non-hydrogen) atoms. The first-order valence-electron chi connectivity index (χ1n) is 6.25. The number of hydrogen-bond donors (Lipinski definition) is 0. The highest BCUT2D eigenvalue weighted by atomic mass is 32.1. The summed E-state index contributed by atoms with van der Waals surface area (Å²) in [6.07, 6.45) is 2.78. The van der Waals surface area contributed by atoms with E-state index in [4.69, 9.17) is 4.52 Å². The minimum atomic E-state index is -0.313. The van der Waals surface area contributed by atoms with Crippen molar-refractivity contribution in [2.75, 3.05) is 13.6 Å². The van der Waals surface area contributed by atoms with E-state index in [1.54, 1.807) is 4.90 Å². The van der Waals surface area contributed by atoms with Crippen LogP contribution < -0.4 is 0 Å². The van der Waals surface area contributed by atoms with Crippen LogP contribution in [0.1, 0.15) is 31.1 Å². The highest BCUT2D eigenvalue weighted by Gasteiger charge is 2.31. The Bertz CT molecular complexity index is 566. The van der Waals surface area contributed by atoms with Crippen molar-refractivity contribution in [2.45, 2.75) is 25.2 Å². The van der Waals surface area contributed by atoms with Gasteiger partial charge in [-0.05, 0) is 30.4 Å². The summed E-state index contributed by atoms with van der Waals surface area (Å²) in [6, 6.07) is 1.83. The Kier molecular flexibility index (Phi) is 3.29. The van der Waals surface area contributed by atoms with E-state index >= 15 is 0 Å². The lowest BCUT2D eigenvalue weighted by Crippen LogP contribution is -2.30. The number of aromatic nitrogens is 3. The average molecular weight is 278 g/mol. The van der Waals surface area contributed by atoms with Crippen molar-refractivity contribution >= 4 is 17.4 Å². The summed E-state index contributed by atoms with van der Waals surface area (Å²) in [7, 11) is 1.82. The van der Waals surface area contributed by atoms with Gasteiger partial charge in [0.1, 0.15) is 11.6 Å². The van der Waals surface area contributed by atoms with E-state index in [1.165, 1.54) is 11.5 Å². The van der Waals surface area contributed by atoms with Crippen LogP contribution in [0.2, 0.25) is 0 Å². The number of carbonyl (C=O) groups is 1. The molecule has 2 aromatic rings. The highest BCUT2D eigenvalue weighted by Crippen LogP contribution is 2.27. The molecule has 1 atom stereocenters. The van der Waals surface area contributed by atoms with Crippen LogP contribution >= 0.6 is 11.5 Å². The van der Waals surface area contributed by atoms with E-state index in [2.05, 4.69) is 14.5 Å². The molecule has 7 heteroatoms. The Morgan fingerprint density at radius 2 is 2.37 bits per heavy atom. The second-order valence-electron chi connectivity index (χ2n) is 4.65. The van der Waals surface area contributed by atoms with E-state index in [9.17, 15) is 4.79 Å². The summed E-state index contributed by atoms with van der Waals surface area (Å²) in [5.41, 5.74) is 0.689. The summed E-state index contributed by atoms with van der Waals surface area (Å²) in [4.78, 5) is 18.3.